The lowest BCUT2D eigenvalue weighted by Crippen LogP contribution is -2.01. The van der Waals surface area contributed by atoms with Crippen molar-refractivity contribution in [1.82, 2.24) is 14.8 Å². The third-order valence-corrected chi connectivity index (χ3v) is 2.93. The quantitative estimate of drug-likeness (QED) is 0.394. The predicted octanol–water partition coefficient (Wildman–Crippen LogP) is 2.34. The van der Waals surface area contributed by atoms with Crippen LogP contribution in [0.5, 0.6) is 0 Å². The standard InChI is InChI=1S/C12H12N4O2S/c1-9(7-19)6-15-8-13-12(14-15)10-2-4-11(5-3-10)16(17)18/h2-5,8,19H,1,6-7H2. The molecular weight excluding hydrogens is 264 g/mol. The van der Waals surface area contributed by atoms with Gasteiger partial charge in [0.1, 0.15) is 6.33 Å². The van der Waals surface area contributed by atoms with Crippen molar-refractivity contribution >= 4 is 18.3 Å². The summed E-state index contributed by atoms with van der Waals surface area (Å²) in [5, 5.41) is 14.8. The number of hydrogen-bond acceptors (Lipinski definition) is 5. The smallest absolute Gasteiger partial charge is 0.258 e. The van der Waals surface area contributed by atoms with Crippen LogP contribution in [0.15, 0.2) is 42.7 Å². The Morgan fingerprint density at radius 3 is 2.68 bits per heavy atom. The van der Waals surface area contributed by atoms with Gasteiger partial charge in [0.05, 0.1) is 11.5 Å². The molecule has 0 aliphatic carbocycles. The van der Waals surface area contributed by atoms with Crippen molar-refractivity contribution in [3.8, 4) is 11.4 Å². The maximum atomic E-state index is 10.6. The second-order valence-electron chi connectivity index (χ2n) is 3.98. The first-order valence-electron chi connectivity index (χ1n) is 5.52. The van der Waals surface area contributed by atoms with Gasteiger partial charge in [-0.2, -0.15) is 17.7 Å². The van der Waals surface area contributed by atoms with Crippen molar-refractivity contribution in [3.05, 3.63) is 52.9 Å². The molecule has 0 amide bonds. The topological polar surface area (TPSA) is 73.8 Å². The van der Waals surface area contributed by atoms with Gasteiger partial charge in [0.2, 0.25) is 0 Å². The third-order valence-electron chi connectivity index (χ3n) is 2.48. The first-order valence-corrected chi connectivity index (χ1v) is 6.15. The number of aromatic nitrogens is 3. The number of nitro groups is 1. The Morgan fingerprint density at radius 2 is 2.11 bits per heavy atom. The molecule has 0 aliphatic rings. The summed E-state index contributed by atoms with van der Waals surface area (Å²) in [6.07, 6.45) is 1.60. The third kappa shape index (κ3) is 3.19. The summed E-state index contributed by atoms with van der Waals surface area (Å²) in [6, 6.07) is 6.13. The fraction of sp³-hybridized carbons (Fsp3) is 0.167. The lowest BCUT2D eigenvalue weighted by Gasteiger charge is -2.00. The van der Waals surface area contributed by atoms with E-state index in [1.165, 1.54) is 12.1 Å². The van der Waals surface area contributed by atoms with Crippen molar-refractivity contribution in [2.24, 2.45) is 0 Å². The molecule has 0 fully saturated rings. The number of nitro benzene ring substituents is 1. The second kappa shape index (κ2) is 5.66. The average Bonchev–Trinajstić information content (AvgIpc) is 2.87. The number of hydrogen-bond donors (Lipinski definition) is 1. The van der Waals surface area contributed by atoms with E-state index in [2.05, 4.69) is 29.3 Å². The molecular formula is C12H12N4O2S. The highest BCUT2D eigenvalue weighted by Crippen LogP contribution is 2.19. The van der Waals surface area contributed by atoms with Gasteiger partial charge in [-0.25, -0.2) is 9.67 Å². The van der Waals surface area contributed by atoms with Gasteiger partial charge in [-0.15, -0.1) is 0 Å². The number of nitrogens with zero attached hydrogens (tertiary/aromatic N) is 4. The number of benzene rings is 1. The van der Waals surface area contributed by atoms with E-state index >= 15 is 0 Å². The molecule has 0 atom stereocenters. The summed E-state index contributed by atoms with van der Waals surface area (Å²) in [4.78, 5) is 14.3. The van der Waals surface area contributed by atoms with Crippen LogP contribution in [-0.2, 0) is 6.54 Å². The number of thiol groups is 1. The molecule has 0 bridgehead atoms. The monoisotopic (exact) mass is 276 g/mol. The lowest BCUT2D eigenvalue weighted by atomic mass is 10.2. The summed E-state index contributed by atoms with van der Waals surface area (Å²) in [5.41, 5.74) is 1.72. The Labute approximate surface area is 115 Å². The van der Waals surface area contributed by atoms with Crippen molar-refractivity contribution in [1.29, 1.82) is 0 Å². The molecule has 1 heterocycles. The van der Waals surface area contributed by atoms with Crippen LogP contribution in [0.4, 0.5) is 5.69 Å². The highest BCUT2D eigenvalue weighted by atomic mass is 32.1. The summed E-state index contributed by atoms with van der Waals surface area (Å²) in [5.74, 6) is 1.12. The van der Waals surface area contributed by atoms with E-state index in [9.17, 15) is 10.1 Å². The zero-order chi connectivity index (χ0) is 13.8. The molecule has 0 radical (unpaired) electrons. The van der Waals surface area contributed by atoms with E-state index in [-0.39, 0.29) is 5.69 Å². The molecule has 0 N–H and O–H groups in total. The summed E-state index contributed by atoms with van der Waals surface area (Å²) in [6.45, 7) is 4.40. The zero-order valence-electron chi connectivity index (χ0n) is 10.1. The highest BCUT2D eigenvalue weighted by Gasteiger charge is 2.08. The normalized spacial score (nSPS) is 10.4. The predicted molar refractivity (Wildman–Crippen MR) is 75.1 cm³/mol. The van der Waals surface area contributed by atoms with Crippen LogP contribution in [0, 0.1) is 10.1 Å². The second-order valence-corrected chi connectivity index (χ2v) is 4.29. The fourth-order valence-electron chi connectivity index (χ4n) is 1.51. The largest absolute Gasteiger partial charge is 0.269 e. The maximum Gasteiger partial charge on any atom is 0.269 e. The molecule has 0 aliphatic heterocycles. The molecule has 6 nitrogen and oxygen atoms in total. The zero-order valence-corrected chi connectivity index (χ0v) is 11.0. The van der Waals surface area contributed by atoms with Gasteiger partial charge >= 0.3 is 0 Å². The number of non-ortho nitro benzene ring substituents is 1. The first kappa shape index (κ1) is 13.3. The van der Waals surface area contributed by atoms with Crippen LogP contribution in [-0.4, -0.2) is 25.4 Å². The van der Waals surface area contributed by atoms with Crippen LogP contribution in [0.1, 0.15) is 0 Å². The van der Waals surface area contributed by atoms with Crippen LogP contribution in [0.25, 0.3) is 11.4 Å². The van der Waals surface area contributed by atoms with E-state index in [0.717, 1.165) is 11.1 Å². The van der Waals surface area contributed by atoms with E-state index in [1.54, 1.807) is 23.1 Å². The first-order chi connectivity index (χ1) is 9.10. The van der Waals surface area contributed by atoms with Gasteiger partial charge in [-0.05, 0) is 17.7 Å². The minimum absolute atomic E-state index is 0.0478. The maximum absolute atomic E-state index is 10.6. The van der Waals surface area contributed by atoms with Gasteiger partial charge in [0.25, 0.3) is 5.69 Å². The molecule has 2 aromatic rings. The fourth-order valence-corrected chi connectivity index (χ4v) is 1.61. The van der Waals surface area contributed by atoms with Gasteiger partial charge in [0.15, 0.2) is 5.82 Å². The molecule has 0 spiro atoms. The van der Waals surface area contributed by atoms with Crippen molar-refractivity contribution < 1.29 is 4.92 Å². The molecule has 19 heavy (non-hydrogen) atoms. The van der Waals surface area contributed by atoms with Crippen LogP contribution >= 0.6 is 12.6 Å². The van der Waals surface area contributed by atoms with Crippen LogP contribution < -0.4 is 0 Å². The molecule has 7 heteroatoms. The summed E-state index contributed by atoms with van der Waals surface area (Å²) >= 11 is 4.13. The molecule has 0 saturated heterocycles. The van der Waals surface area contributed by atoms with E-state index in [0.29, 0.717) is 18.1 Å². The minimum atomic E-state index is -0.438. The minimum Gasteiger partial charge on any atom is -0.258 e. The van der Waals surface area contributed by atoms with E-state index < -0.39 is 4.92 Å². The van der Waals surface area contributed by atoms with Gasteiger partial charge in [-0.3, -0.25) is 10.1 Å². The van der Waals surface area contributed by atoms with Gasteiger partial charge in [0, 0.05) is 23.4 Å². The molecule has 1 aromatic carbocycles. The SMILES string of the molecule is C=C(CS)Cn1cnc(-c2ccc([N+](=O)[O-])cc2)n1. The Balaban J connectivity index is 2.18. The summed E-state index contributed by atoms with van der Waals surface area (Å²) < 4.78 is 1.66. The van der Waals surface area contributed by atoms with Crippen molar-refractivity contribution in [2.45, 2.75) is 6.54 Å². The average molecular weight is 276 g/mol. The summed E-state index contributed by atoms with van der Waals surface area (Å²) in [7, 11) is 0. The Morgan fingerprint density at radius 1 is 1.42 bits per heavy atom. The van der Waals surface area contributed by atoms with Crippen LogP contribution in [0.2, 0.25) is 0 Å². The molecule has 0 saturated carbocycles. The molecule has 98 valence electrons. The molecule has 1 aromatic heterocycles. The van der Waals surface area contributed by atoms with Crippen LogP contribution in [0.3, 0.4) is 0 Å². The lowest BCUT2D eigenvalue weighted by molar-refractivity contribution is -0.384. The van der Waals surface area contributed by atoms with Gasteiger partial charge < -0.3 is 0 Å². The van der Waals surface area contributed by atoms with Crippen molar-refractivity contribution in [3.63, 3.8) is 0 Å². The number of rotatable bonds is 5. The Hall–Kier alpha value is -2.15. The van der Waals surface area contributed by atoms with E-state index in [1.807, 2.05) is 0 Å². The molecule has 2 rings (SSSR count). The van der Waals surface area contributed by atoms with E-state index in [4.69, 9.17) is 0 Å². The highest BCUT2D eigenvalue weighted by molar-refractivity contribution is 7.80. The van der Waals surface area contributed by atoms with Gasteiger partial charge in [-0.1, -0.05) is 6.58 Å². The Bertz CT molecular complexity index is 606. The molecule has 0 unspecified atom stereocenters. The Kier molecular flexibility index (Phi) is 3.96. The van der Waals surface area contributed by atoms with Crippen molar-refractivity contribution in [2.75, 3.05) is 5.75 Å².